The summed E-state index contributed by atoms with van der Waals surface area (Å²) in [4.78, 5) is 17.3. The Labute approximate surface area is 150 Å². The second-order valence-corrected chi connectivity index (χ2v) is 6.57. The average molecular weight is 353 g/mol. The summed E-state index contributed by atoms with van der Waals surface area (Å²) in [6, 6.07) is 7.43. The lowest BCUT2D eigenvalue weighted by atomic mass is 10.0. The molecule has 1 amide bonds. The zero-order valence-electron chi connectivity index (χ0n) is 14.8. The molecule has 1 N–H and O–H groups in total. The van der Waals surface area contributed by atoms with Crippen molar-refractivity contribution in [3.8, 4) is 11.5 Å². The normalized spacial score (nSPS) is 12.8. The molecule has 0 spiro atoms. The molecule has 0 saturated carbocycles. The van der Waals surface area contributed by atoms with Crippen molar-refractivity contribution in [2.24, 2.45) is 0 Å². The monoisotopic (exact) mass is 353 g/mol. The third-order valence-corrected chi connectivity index (χ3v) is 4.36. The second kappa shape index (κ2) is 6.33. The van der Waals surface area contributed by atoms with E-state index in [0.717, 1.165) is 17.0 Å². The molecule has 1 aliphatic rings. The number of aryl methyl sites for hydroxylation is 1. The van der Waals surface area contributed by atoms with Crippen LogP contribution in [0, 0.1) is 6.92 Å². The lowest BCUT2D eigenvalue weighted by Crippen LogP contribution is -2.23. The minimum atomic E-state index is -0.191. The van der Waals surface area contributed by atoms with Crippen molar-refractivity contribution in [3.63, 3.8) is 0 Å². The number of amides is 1. The topological polar surface area (TPSA) is 86.5 Å². The number of carbonyl (C=O) groups excluding carboxylic acids is 1. The van der Waals surface area contributed by atoms with E-state index in [1.165, 1.54) is 0 Å². The van der Waals surface area contributed by atoms with Crippen LogP contribution in [0.5, 0.6) is 11.5 Å². The van der Waals surface area contributed by atoms with Crippen LogP contribution in [0.2, 0.25) is 0 Å². The van der Waals surface area contributed by atoms with Crippen molar-refractivity contribution in [2.75, 3.05) is 6.79 Å². The predicted octanol–water partition coefficient (Wildman–Crippen LogP) is 3.31. The number of carbonyl (C=O) groups is 1. The number of pyridine rings is 1. The van der Waals surface area contributed by atoms with E-state index in [9.17, 15) is 4.79 Å². The molecule has 2 aromatic heterocycles. The summed E-state index contributed by atoms with van der Waals surface area (Å²) in [6.07, 6.45) is 0. The van der Waals surface area contributed by atoms with Gasteiger partial charge in [-0.1, -0.05) is 25.1 Å². The van der Waals surface area contributed by atoms with Gasteiger partial charge in [0, 0.05) is 12.2 Å². The highest BCUT2D eigenvalue weighted by Gasteiger charge is 2.20. The molecule has 4 rings (SSSR count). The van der Waals surface area contributed by atoms with Gasteiger partial charge in [-0.3, -0.25) is 4.79 Å². The molecular weight excluding hydrogens is 334 g/mol. The van der Waals surface area contributed by atoms with E-state index in [1.54, 1.807) is 6.92 Å². The number of nitrogens with one attached hydrogen (secondary N) is 1. The molecular formula is C19H19N3O4. The predicted molar refractivity (Wildman–Crippen MR) is 94.4 cm³/mol. The zero-order valence-corrected chi connectivity index (χ0v) is 14.8. The van der Waals surface area contributed by atoms with Crippen LogP contribution in [0.4, 0.5) is 0 Å². The highest BCUT2D eigenvalue weighted by Crippen LogP contribution is 2.32. The Balaban J connectivity index is 1.60. The highest BCUT2D eigenvalue weighted by atomic mass is 16.7. The van der Waals surface area contributed by atoms with Gasteiger partial charge in [0.15, 0.2) is 11.5 Å². The molecule has 0 fully saturated rings. The molecule has 0 unspecified atom stereocenters. The van der Waals surface area contributed by atoms with Gasteiger partial charge in [-0.05, 0) is 36.6 Å². The van der Waals surface area contributed by atoms with Crippen LogP contribution in [0.3, 0.4) is 0 Å². The van der Waals surface area contributed by atoms with Gasteiger partial charge in [0.05, 0.1) is 16.6 Å². The van der Waals surface area contributed by atoms with Crippen molar-refractivity contribution < 1.29 is 18.8 Å². The lowest BCUT2D eigenvalue weighted by molar-refractivity contribution is 0.0952. The Morgan fingerprint density at radius 2 is 2.04 bits per heavy atom. The first-order chi connectivity index (χ1) is 12.5. The SMILES string of the molecule is Cc1noc2nc(C(C)C)cc(C(=O)NCc3ccc4c(c3)OCO4)c12. The second-order valence-electron chi connectivity index (χ2n) is 6.57. The van der Waals surface area contributed by atoms with Gasteiger partial charge in [0.1, 0.15) is 0 Å². The minimum Gasteiger partial charge on any atom is -0.454 e. The number of hydrogen-bond acceptors (Lipinski definition) is 6. The van der Waals surface area contributed by atoms with Gasteiger partial charge in [0.25, 0.3) is 11.6 Å². The van der Waals surface area contributed by atoms with E-state index < -0.39 is 0 Å². The van der Waals surface area contributed by atoms with Crippen molar-refractivity contribution in [1.82, 2.24) is 15.5 Å². The molecule has 0 atom stereocenters. The van der Waals surface area contributed by atoms with E-state index in [4.69, 9.17) is 14.0 Å². The van der Waals surface area contributed by atoms with E-state index in [0.29, 0.717) is 34.7 Å². The summed E-state index contributed by atoms with van der Waals surface area (Å²) < 4.78 is 15.9. The van der Waals surface area contributed by atoms with Crippen LogP contribution in [-0.4, -0.2) is 22.8 Å². The molecule has 1 aliphatic heterocycles. The largest absolute Gasteiger partial charge is 0.454 e. The first-order valence-electron chi connectivity index (χ1n) is 8.46. The smallest absolute Gasteiger partial charge is 0.259 e. The molecule has 7 heteroatoms. The van der Waals surface area contributed by atoms with Gasteiger partial charge in [-0.2, -0.15) is 0 Å². The molecule has 0 aliphatic carbocycles. The van der Waals surface area contributed by atoms with Crippen molar-refractivity contribution in [2.45, 2.75) is 33.2 Å². The Morgan fingerprint density at radius 3 is 2.85 bits per heavy atom. The number of fused-ring (bicyclic) bond motifs is 2. The number of aromatic nitrogens is 2. The molecule has 0 saturated heterocycles. The third-order valence-electron chi connectivity index (χ3n) is 4.36. The number of ether oxygens (including phenoxy) is 2. The maximum absolute atomic E-state index is 12.8. The molecule has 1 aromatic carbocycles. The average Bonchev–Trinajstić information content (AvgIpc) is 3.25. The van der Waals surface area contributed by atoms with Crippen LogP contribution < -0.4 is 14.8 Å². The Bertz CT molecular complexity index is 994. The Kier molecular flexibility index (Phi) is 3.99. The Morgan fingerprint density at radius 1 is 1.23 bits per heavy atom. The molecule has 3 heterocycles. The molecule has 134 valence electrons. The van der Waals surface area contributed by atoms with E-state index in [-0.39, 0.29) is 18.6 Å². The summed E-state index contributed by atoms with van der Waals surface area (Å²) in [7, 11) is 0. The fraction of sp³-hybridized carbons (Fsp3) is 0.316. The summed E-state index contributed by atoms with van der Waals surface area (Å²) in [5.41, 5.74) is 3.29. The molecule has 7 nitrogen and oxygen atoms in total. The number of hydrogen-bond donors (Lipinski definition) is 1. The van der Waals surface area contributed by atoms with Gasteiger partial charge in [-0.15, -0.1) is 0 Å². The summed E-state index contributed by atoms with van der Waals surface area (Å²) in [6.45, 7) is 6.44. The van der Waals surface area contributed by atoms with E-state index in [2.05, 4.69) is 15.5 Å². The van der Waals surface area contributed by atoms with Gasteiger partial charge < -0.3 is 19.3 Å². The van der Waals surface area contributed by atoms with Crippen molar-refractivity contribution in [3.05, 3.63) is 46.8 Å². The highest BCUT2D eigenvalue weighted by molar-refractivity contribution is 6.06. The molecule has 0 bridgehead atoms. The van der Waals surface area contributed by atoms with Crippen LogP contribution in [0.25, 0.3) is 11.1 Å². The number of rotatable bonds is 4. The van der Waals surface area contributed by atoms with Crippen LogP contribution in [0.15, 0.2) is 28.8 Å². The van der Waals surface area contributed by atoms with Gasteiger partial charge in [-0.25, -0.2) is 4.98 Å². The van der Waals surface area contributed by atoms with E-state index in [1.807, 2.05) is 38.1 Å². The van der Waals surface area contributed by atoms with Crippen LogP contribution in [-0.2, 0) is 6.54 Å². The third kappa shape index (κ3) is 2.85. The molecule has 0 radical (unpaired) electrons. The zero-order chi connectivity index (χ0) is 18.3. The fourth-order valence-electron chi connectivity index (χ4n) is 2.92. The summed E-state index contributed by atoms with van der Waals surface area (Å²) in [5, 5.41) is 7.55. The first-order valence-corrected chi connectivity index (χ1v) is 8.46. The van der Waals surface area contributed by atoms with Crippen LogP contribution in [0.1, 0.15) is 47.1 Å². The van der Waals surface area contributed by atoms with Crippen molar-refractivity contribution >= 4 is 17.0 Å². The van der Waals surface area contributed by atoms with E-state index >= 15 is 0 Å². The quantitative estimate of drug-likeness (QED) is 0.774. The Hall–Kier alpha value is -3.09. The maximum atomic E-state index is 12.8. The standard InChI is InChI=1S/C19H19N3O4/c1-10(2)14-7-13(17-11(3)22-26-19(17)21-14)18(23)20-8-12-4-5-15-16(6-12)25-9-24-15/h4-7,10H,8-9H2,1-3H3,(H,20,23). The maximum Gasteiger partial charge on any atom is 0.259 e. The molecule has 3 aromatic rings. The van der Waals surface area contributed by atoms with Gasteiger partial charge >= 0.3 is 0 Å². The lowest BCUT2D eigenvalue weighted by Gasteiger charge is -2.10. The van der Waals surface area contributed by atoms with Crippen LogP contribution >= 0.6 is 0 Å². The number of nitrogens with zero attached hydrogens (tertiary/aromatic N) is 2. The first kappa shape index (κ1) is 16.4. The van der Waals surface area contributed by atoms with Gasteiger partial charge in [0.2, 0.25) is 6.79 Å². The molecule has 26 heavy (non-hydrogen) atoms. The summed E-state index contributed by atoms with van der Waals surface area (Å²) >= 11 is 0. The fourth-order valence-corrected chi connectivity index (χ4v) is 2.92. The number of benzene rings is 1. The summed E-state index contributed by atoms with van der Waals surface area (Å²) in [5.74, 6) is 1.39. The minimum absolute atomic E-state index is 0.171. The van der Waals surface area contributed by atoms with Crippen molar-refractivity contribution in [1.29, 1.82) is 0 Å².